The first-order valence-electron chi connectivity index (χ1n) is 6.09. The van der Waals surface area contributed by atoms with Gasteiger partial charge in [0.05, 0.1) is 0 Å². The number of hydrogen-bond donors (Lipinski definition) is 1. The summed E-state index contributed by atoms with van der Waals surface area (Å²) in [4.78, 5) is 0. The summed E-state index contributed by atoms with van der Waals surface area (Å²) in [5.41, 5.74) is 1.42. The molecule has 0 radical (unpaired) electrons. The summed E-state index contributed by atoms with van der Waals surface area (Å²) >= 11 is 0. The maximum Gasteiger partial charge on any atom is 0.0476 e. The summed E-state index contributed by atoms with van der Waals surface area (Å²) in [7, 11) is 1.75. The highest BCUT2D eigenvalue weighted by Gasteiger charge is 1.99. The molecule has 0 aliphatic heterocycles. The first-order chi connectivity index (χ1) is 7.83. The van der Waals surface area contributed by atoms with E-state index in [0.29, 0.717) is 6.04 Å². The molecule has 0 saturated carbocycles. The number of aryl methyl sites for hydroxylation is 1. The normalized spacial score (nSPS) is 12.6. The van der Waals surface area contributed by atoms with Crippen LogP contribution in [-0.4, -0.2) is 26.3 Å². The second-order valence-electron chi connectivity index (χ2n) is 4.23. The van der Waals surface area contributed by atoms with Crippen molar-refractivity contribution in [1.29, 1.82) is 0 Å². The molecular formula is C14H23NO. The lowest BCUT2D eigenvalue weighted by Crippen LogP contribution is -2.28. The third-order valence-corrected chi connectivity index (χ3v) is 2.73. The van der Waals surface area contributed by atoms with Crippen LogP contribution in [0.3, 0.4) is 0 Å². The maximum atomic E-state index is 5.05. The minimum atomic E-state index is 0.552. The second-order valence-corrected chi connectivity index (χ2v) is 4.23. The Balaban J connectivity index is 2.03. The van der Waals surface area contributed by atoms with Gasteiger partial charge >= 0.3 is 0 Å². The third kappa shape index (κ3) is 5.89. The Morgan fingerprint density at radius 3 is 2.69 bits per heavy atom. The number of ether oxygens (including phenoxy) is 1. The molecule has 0 aliphatic carbocycles. The lowest BCUT2D eigenvalue weighted by molar-refractivity contribution is 0.185. The van der Waals surface area contributed by atoms with Crippen LogP contribution in [0.5, 0.6) is 0 Å². The fraction of sp³-hybridized carbons (Fsp3) is 0.571. The van der Waals surface area contributed by atoms with Crippen molar-refractivity contribution in [3.63, 3.8) is 0 Å². The quantitative estimate of drug-likeness (QED) is 0.681. The van der Waals surface area contributed by atoms with E-state index in [-0.39, 0.29) is 0 Å². The molecule has 0 heterocycles. The summed E-state index contributed by atoms with van der Waals surface area (Å²) in [5, 5.41) is 3.51. The number of nitrogens with one attached hydrogen (secondary N) is 1. The molecule has 2 heteroatoms. The summed E-state index contributed by atoms with van der Waals surface area (Å²) in [6.45, 7) is 4.13. The number of methoxy groups -OCH3 is 1. The molecule has 1 aromatic carbocycles. The van der Waals surface area contributed by atoms with Crippen molar-refractivity contribution in [2.45, 2.75) is 32.2 Å². The molecule has 16 heavy (non-hydrogen) atoms. The fourth-order valence-corrected chi connectivity index (χ4v) is 1.68. The molecule has 1 unspecified atom stereocenters. The van der Waals surface area contributed by atoms with Crippen LogP contribution < -0.4 is 5.32 Å². The van der Waals surface area contributed by atoms with E-state index in [9.17, 15) is 0 Å². The van der Waals surface area contributed by atoms with E-state index >= 15 is 0 Å². The molecule has 0 saturated heterocycles. The molecule has 1 rings (SSSR count). The highest BCUT2D eigenvalue weighted by Crippen LogP contribution is 2.01. The standard InChI is InChI=1S/C14H23NO/c1-13(10-12-16-2)15-11-6-9-14-7-4-3-5-8-14/h3-5,7-8,13,15H,6,9-12H2,1-2H3. The third-order valence-electron chi connectivity index (χ3n) is 2.73. The number of benzene rings is 1. The van der Waals surface area contributed by atoms with Crippen molar-refractivity contribution in [1.82, 2.24) is 5.32 Å². The Kier molecular flexibility index (Phi) is 6.86. The van der Waals surface area contributed by atoms with Crippen LogP contribution >= 0.6 is 0 Å². The zero-order valence-electron chi connectivity index (χ0n) is 10.4. The van der Waals surface area contributed by atoms with E-state index < -0.39 is 0 Å². The van der Waals surface area contributed by atoms with Crippen molar-refractivity contribution in [2.75, 3.05) is 20.3 Å². The van der Waals surface area contributed by atoms with Crippen molar-refractivity contribution in [3.8, 4) is 0 Å². The van der Waals surface area contributed by atoms with E-state index in [4.69, 9.17) is 4.74 Å². The van der Waals surface area contributed by atoms with Gasteiger partial charge in [0.15, 0.2) is 0 Å². The molecule has 0 bridgehead atoms. The summed E-state index contributed by atoms with van der Waals surface area (Å²) in [6.07, 6.45) is 3.44. The van der Waals surface area contributed by atoms with Crippen molar-refractivity contribution < 1.29 is 4.74 Å². The van der Waals surface area contributed by atoms with Gasteiger partial charge in [-0.05, 0) is 38.3 Å². The SMILES string of the molecule is COCCC(C)NCCCc1ccccc1. The van der Waals surface area contributed by atoms with Crippen LogP contribution in [0.2, 0.25) is 0 Å². The first kappa shape index (κ1) is 13.2. The zero-order chi connectivity index (χ0) is 11.6. The Morgan fingerprint density at radius 1 is 1.25 bits per heavy atom. The van der Waals surface area contributed by atoms with Crippen molar-refractivity contribution in [3.05, 3.63) is 35.9 Å². The van der Waals surface area contributed by atoms with Crippen LogP contribution in [-0.2, 0) is 11.2 Å². The van der Waals surface area contributed by atoms with Crippen molar-refractivity contribution in [2.24, 2.45) is 0 Å². The Bertz CT molecular complexity index is 261. The minimum absolute atomic E-state index is 0.552. The Labute approximate surface area is 99.0 Å². The molecule has 1 N–H and O–H groups in total. The Hall–Kier alpha value is -0.860. The Morgan fingerprint density at radius 2 is 2.00 bits per heavy atom. The molecule has 0 aromatic heterocycles. The molecule has 0 spiro atoms. The molecular weight excluding hydrogens is 198 g/mol. The maximum absolute atomic E-state index is 5.05. The van der Waals surface area contributed by atoms with E-state index in [1.165, 1.54) is 12.0 Å². The zero-order valence-corrected chi connectivity index (χ0v) is 10.4. The van der Waals surface area contributed by atoms with Crippen molar-refractivity contribution >= 4 is 0 Å². The van der Waals surface area contributed by atoms with Gasteiger partial charge < -0.3 is 10.1 Å². The smallest absolute Gasteiger partial charge is 0.0476 e. The average molecular weight is 221 g/mol. The van der Waals surface area contributed by atoms with Crippen LogP contribution in [0.25, 0.3) is 0 Å². The van der Waals surface area contributed by atoms with Gasteiger partial charge in [-0.25, -0.2) is 0 Å². The van der Waals surface area contributed by atoms with E-state index in [0.717, 1.165) is 26.0 Å². The lowest BCUT2D eigenvalue weighted by atomic mass is 10.1. The van der Waals surface area contributed by atoms with Gasteiger partial charge in [-0.1, -0.05) is 30.3 Å². The van der Waals surface area contributed by atoms with Gasteiger partial charge in [0.25, 0.3) is 0 Å². The predicted octanol–water partition coefficient (Wildman–Crippen LogP) is 2.63. The van der Waals surface area contributed by atoms with Gasteiger partial charge in [-0.15, -0.1) is 0 Å². The summed E-state index contributed by atoms with van der Waals surface area (Å²) in [6, 6.07) is 11.2. The molecule has 0 amide bonds. The van der Waals surface area contributed by atoms with E-state index in [2.05, 4.69) is 42.6 Å². The highest BCUT2D eigenvalue weighted by molar-refractivity contribution is 5.14. The monoisotopic (exact) mass is 221 g/mol. The molecule has 0 aliphatic rings. The molecule has 0 fully saturated rings. The second kappa shape index (κ2) is 8.31. The fourth-order valence-electron chi connectivity index (χ4n) is 1.68. The topological polar surface area (TPSA) is 21.3 Å². The van der Waals surface area contributed by atoms with Gasteiger partial charge in [0.1, 0.15) is 0 Å². The average Bonchev–Trinajstić information content (AvgIpc) is 2.33. The summed E-state index contributed by atoms with van der Waals surface area (Å²) in [5.74, 6) is 0. The van der Waals surface area contributed by atoms with Gasteiger partial charge in [0, 0.05) is 19.8 Å². The molecule has 1 atom stereocenters. The first-order valence-corrected chi connectivity index (χ1v) is 6.09. The molecule has 2 nitrogen and oxygen atoms in total. The van der Waals surface area contributed by atoms with Gasteiger partial charge in [-0.3, -0.25) is 0 Å². The minimum Gasteiger partial charge on any atom is -0.385 e. The molecule has 90 valence electrons. The van der Waals surface area contributed by atoms with Crippen LogP contribution in [0.4, 0.5) is 0 Å². The van der Waals surface area contributed by atoms with Gasteiger partial charge in [-0.2, -0.15) is 0 Å². The lowest BCUT2D eigenvalue weighted by Gasteiger charge is -2.12. The van der Waals surface area contributed by atoms with Gasteiger partial charge in [0.2, 0.25) is 0 Å². The number of hydrogen-bond acceptors (Lipinski definition) is 2. The highest BCUT2D eigenvalue weighted by atomic mass is 16.5. The largest absolute Gasteiger partial charge is 0.385 e. The van der Waals surface area contributed by atoms with E-state index in [1.807, 2.05) is 0 Å². The van der Waals surface area contributed by atoms with E-state index in [1.54, 1.807) is 7.11 Å². The van der Waals surface area contributed by atoms with Crippen LogP contribution in [0.15, 0.2) is 30.3 Å². The predicted molar refractivity (Wildman–Crippen MR) is 68.7 cm³/mol. The summed E-state index contributed by atoms with van der Waals surface area (Å²) < 4.78 is 5.05. The van der Waals surface area contributed by atoms with Crippen LogP contribution in [0.1, 0.15) is 25.3 Å². The molecule has 1 aromatic rings. The van der Waals surface area contributed by atoms with Crippen LogP contribution in [0, 0.1) is 0 Å². The number of rotatable bonds is 8.